The lowest BCUT2D eigenvalue weighted by Gasteiger charge is -2.36. The van der Waals surface area contributed by atoms with Crippen molar-refractivity contribution in [3.8, 4) is 11.5 Å². The topological polar surface area (TPSA) is 74.5 Å². The summed E-state index contributed by atoms with van der Waals surface area (Å²) in [6, 6.07) is 13.6. The van der Waals surface area contributed by atoms with Crippen molar-refractivity contribution < 1.29 is 13.6 Å². The van der Waals surface area contributed by atoms with Crippen molar-refractivity contribution in [1.82, 2.24) is 15.1 Å². The van der Waals surface area contributed by atoms with Crippen LogP contribution in [0.15, 0.2) is 70.8 Å². The van der Waals surface area contributed by atoms with Gasteiger partial charge in [-0.1, -0.05) is 30.0 Å². The second kappa shape index (κ2) is 10.4. The Morgan fingerprint density at radius 1 is 1.12 bits per heavy atom. The molecule has 1 saturated heterocycles. The maximum Gasteiger partial charge on any atom is 0.277 e. The molecule has 1 aliphatic heterocycles. The molecule has 1 N–H and O–H groups in total. The van der Waals surface area contributed by atoms with E-state index in [4.69, 9.17) is 4.42 Å². The number of rotatable bonds is 8. The summed E-state index contributed by atoms with van der Waals surface area (Å²) in [7, 11) is 0. The van der Waals surface area contributed by atoms with Crippen molar-refractivity contribution in [1.29, 1.82) is 0 Å². The molecule has 7 nitrogen and oxygen atoms in total. The predicted molar refractivity (Wildman–Crippen MR) is 124 cm³/mol. The number of para-hydroxylation sites is 2. The molecule has 1 aromatic heterocycles. The lowest BCUT2D eigenvalue weighted by atomic mass is 10.2. The molecule has 1 fully saturated rings. The summed E-state index contributed by atoms with van der Waals surface area (Å²) in [5, 5.41) is 11.2. The summed E-state index contributed by atoms with van der Waals surface area (Å²) in [6.45, 7) is 8.39. The number of halogens is 1. The van der Waals surface area contributed by atoms with E-state index in [2.05, 4.69) is 31.9 Å². The predicted octanol–water partition coefficient (Wildman–Crippen LogP) is 3.91. The van der Waals surface area contributed by atoms with E-state index in [9.17, 15) is 9.18 Å². The summed E-state index contributed by atoms with van der Waals surface area (Å²) < 4.78 is 18.6. The summed E-state index contributed by atoms with van der Waals surface area (Å²) in [5.41, 5.74) is 2.42. The van der Waals surface area contributed by atoms with Gasteiger partial charge >= 0.3 is 0 Å². The average Bonchev–Trinajstić information content (AvgIpc) is 3.29. The Bertz CT molecular complexity index is 1060. The molecule has 2 heterocycles. The van der Waals surface area contributed by atoms with Gasteiger partial charge in [-0.25, -0.2) is 4.39 Å². The zero-order chi connectivity index (χ0) is 22.3. The highest BCUT2D eigenvalue weighted by Crippen LogP contribution is 2.28. The smallest absolute Gasteiger partial charge is 0.277 e. The summed E-state index contributed by atoms with van der Waals surface area (Å²) in [5.74, 6) is -0.0754. The molecule has 0 unspecified atom stereocenters. The highest BCUT2D eigenvalue weighted by Gasteiger charge is 2.19. The molecule has 0 bridgehead atoms. The molecule has 2 aromatic carbocycles. The number of aromatic nitrogens is 2. The van der Waals surface area contributed by atoms with Gasteiger partial charge in [0.05, 0.1) is 17.1 Å². The Kier molecular flexibility index (Phi) is 7.18. The van der Waals surface area contributed by atoms with Crippen LogP contribution in [0.4, 0.5) is 15.8 Å². The van der Waals surface area contributed by atoms with Gasteiger partial charge in [-0.3, -0.25) is 9.69 Å². The van der Waals surface area contributed by atoms with Crippen molar-refractivity contribution in [2.24, 2.45) is 0 Å². The number of anilines is 2. The second-order valence-corrected chi connectivity index (χ2v) is 8.24. The van der Waals surface area contributed by atoms with E-state index in [0.29, 0.717) is 5.56 Å². The molecule has 32 heavy (non-hydrogen) atoms. The number of carbonyl (C=O) groups excluding carboxylic acids is 1. The third-order valence-electron chi connectivity index (χ3n) is 5.10. The van der Waals surface area contributed by atoms with Crippen molar-refractivity contribution in [2.75, 3.05) is 48.7 Å². The van der Waals surface area contributed by atoms with Gasteiger partial charge in [0.1, 0.15) is 5.82 Å². The minimum absolute atomic E-state index is 0.131. The van der Waals surface area contributed by atoms with Crippen molar-refractivity contribution in [3.63, 3.8) is 0 Å². The van der Waals surface area contributed by atoms with Crippen LogP contribution in [0, 0.1) is 5.82 Å². The first-order valence-electron chi connectivity index (χ1n) is 10.3. The Labute approximate surface area is 190 Å². The van der Waals surface area contributed by atoms with E-state index in [1.165, 1.54) is 12.1 Å². The van der Waals surface area contributed by atoms with E-state index >= 15 is 0 Å². The van der Waals surface area contributed by atoms with Crippen LogP contribution in [0.2, 0.25) is 0 Å². The van der Waals surface area contributed by atoms with Gasteiger partial charge in [-0.05, 0) is 36.4 Å². The summed E-state index contributed by atoms with van der Waals surface area (Å²) in [4.78, 5) is 17.2. The Balaban J connectivity index is 1.33. The molecule has 1 amide bonds. The van der Waals surface area contributed by atoms with Gasteiger partial charge in [-0.2, -0.15) is 0 Å². The van der Waals surface area contributed by atoms with Crippen LogP contribution in [0.1, 0.15) is 0 Å². The quantitative estimate of drug-likeness (QED) is 0.409. The largest absolute Gasteiger partial charge is 0.411 e. The van der Waals surface area contributed by atoms with E-state index < -0.39 is 0 Å². The molecule has 0 spiro atoms. The van der Waals surface area contributed by atoms with E-state index in [0.717, 1.165) is 55.9 Å². The fourth-order valence-electron chi connectivity index (χ4n) is 3.50. The number of amides is 1. The molecule has 0 radical (unpaired) electrons. The van der Waals surface area contributed by atoms with Crippen molar-refractivity contribution >= 4 is 29.0 Å². The van der Waals surface area contributed by atoms with Gasteiger partial charge < -0.3 is 14.6 Å². The molecule has 0 aliphatic carbocycles. The van der Waals surface area contributed by atoms with Gasteiger partial charge in [0.15, 0.2) is 0 Å². The standard InChI is InChI=1S/C23H24FN5O2S/c1-2-11-28-12-14-29(15-13-28)20-6-4-3-5-19(20)25-21(30)16-32-23-27-26-22(31-23)17-7-9-18(24)10-8-17/h2-10H,1,11-16H2,(H,25,30). The highest BCUT2D eigenvalue weighted by molar-refractivity contribution is 7.99. The number of nitrogens with zero attached hydrogens (tertiary/aromatic N) is 4. The Morgan fingerprint density at radius 3 is 2.62 bits per heavy atom. The third kappa shape index (κ3) is 5.54. The van der Waals surface area contributed by atoms with Crippen LogP contribution in [0.3, 0.4) is 0 Å². The van der Waals surface area contributed by atoms with E-state index in [1.54, 1.807) is 12.1 Å². The molecule has 3 aromatic rings. The van der Waals surface area contributed by atoms with Crippen molar-refractivity contribution in [3.05, 3.63) is 67.0 Å². The van der Waals surface area contributed by atoms with Crippen LogP contribution in [0.5, 0.6) is 0 Å². The molecule has 9 heteroatoms. The number of nitrogens with one attached hydrogen (secondary N) is 1. The van der Waals surface area contributed by atoms with Crippen LogP contribution in [0.25, 0.3) is 11.5 Å². The highest BCUT2D eigenvalue weighted by atomic mass is 32.2. The van der Waals surface area contributed by atoms with Crippen LogP contribution in [-0.4, -0.2) is 59.5 Å². The first-order chi connectivity index (χ1) is 15.6. The van der Waals surface area contributed by atoms with Gasteiger partial charge in [0.25, 0.3) is 5.22 Å². The molecule has 4 rings (SSSR count). The monoisotopic (exact) mass is 453 g/mol. The number of carbonyl (C=O) groups is 1. The van der Waals surface area contributed by atoms with E-state index in [1.807, 2.05) is 30.3 Å². The number of piperazine rings is 1. The zero-order valence-corrected chi connectivity index (χ0v) is 18.4. The zero-order valence-electron chi connectivity index (χ0n) is 17.5. The second-order valence-electron chi connectivity index (χ2n) is 7.31. The number of thioether (sulfide) groups is 1. The lowest BCUT2D eigenvalue weighted by molar-refractivity contribution is -0.113. The average molecular weight is 454 g/mol. The molecule has 1 aliphatic rings. The fourth-order valence-corrected chi connectivity index (χ4v) is 4.06. The van der Waals surface area contributed by atoms with Gasteiger partial charge in [0, 0.05) is 38.3 Å². The molecular formula is C23H24FN5O2S. The van der Waals surface area contributed by atoms with Gasteiger partial charge in [0.2, 0.25) is 11.8 Å². The first kappa shape index (κ1) is 22.0. The summed E-state index contributed by atoms with van der Waals surface area (Å²) >= 11 is 1.16. The van der Waals surface area contributed by atoms with E-state index in [-0.39, 0.29) is 28.6 Å². The Morgan fingerprint density at radius 2 is 1.88 bits per heavy atom. The maximum atomic E-state index is 13.1. The maximum absolute atomic E-state index is 13.1. The normalized spacial score (nSPS) is 14.3. The lowest BCUT2D eigenvalue weighted by Crippen LogP contribution is -2.46. The van der Waals surface area contributed by atoms with Crippen LogP contribution < -0.4 is 10.2 Å². The molecule has 166 valence electrons. The first-order valence-corrected chi connectivity index (χ1v) is 11.3. The molecule has 0 atom stereocenters. The molecular weight excluding hydrogens is 429 g/mol. The number of hydrogen-bond acceptors (Lipinski definition) is 7. The van der Waals surface area contributed by atoms with Crippen LogP contribution in [-0.2, 0) is 4.79 Å². The number of hydrogen-bond donors (Lipinski definition) is 1. The molecule has 0 saturated carbocycles. The fraction of sp³-hybridized carbons (Fsp3) is 0.261. The third-order valence-corrected chi connectivity index (χ3v) is 5.92. The summed E-state index contributed by atoms with van der Waals surface area (Å²) in [6.07, 6.45) is 1.92. The number of benzene rings is 2. The van der Waals surface area contributed by atoms with Crippen molar-refractivity contribution in [2.45, 2.75) is 5.22 Å². The Hall–Kier alpha value is -3.17. The minimum Gasteiger partial charge on any atom is -0.411 e. The SMILES string of the molecule is C=CCN1CCN(c2ccccc2NC(=O)CSc2nnc(-c3ccc(F)cc3)o2)CC1. The van der Waals surface area contributed by atoms with Gasteiger partial charge in [-0.15, -0.1) is 16.8 Å². The minimum atomic E-state index is -0.335. The van der Waals surface area contributed by atoms with Crippen LogP contribution >= 0.6 is 11.8 Å².